The Kier molecular flexibility index (Phi) is 5.87. The van der Waals surface area contributed by atoms with Crippen LogP contribution in [-0.2, 0) is 6.42 Å². The number of rotatable bonds is 6. The molecule has 0 aliphatic rings. The Hall–Kier alpha value is -0.820. The highest BCUT2D eigenvalue weighted by atomic mass is 14.9. The molecule has 1 aromatic carbocycles. The third kappa shape index (κ3) is 6.20. The van der Waals surface area contributed by atoms with Crippen LogP contribution in [0.2, 0.25) is 0 Å². The SMILES string of the molecule is CNC(CCCC(C)(C)C)Cc1cccc(C)c1. The predicted molar refractivity (Wildman–Crippen MR) is 81.0 cm³/mol. The second-order valence-electron chi connectivity index (χ2n) is 6.63. The number of benzene rings is 1. The van der Waals surface area contributed by atoms with Gasteiger partial charge in [0.05, 0.1) is 0 Å². The highest BCUT2D eigenvalue weighted by Gasteiger charge is 2.12. The van der Waals surface area contributed by atoms with Crippen LogP contribution in [0.4, 0.5) is 0 Å². The molecule has 0 amide bonds. The van der Waals surface area contributed by atoms with Crippen molar-refractivity contribution >= 4 is 0 Å². The second kappa shape index (κ2) is 6.94. The average Bonchev–Trinajstić information content (AvgIpc) is 2.26. The molecule has 1 rings (SSSR count). The Bertz CT molecular complexity index is 349. The highest BCUT2D eigenvalue weighted by molar-refractivity contribution is 5.22. The van der Waals surface area contributed by atoms with Gasteiger partial charge in [-0.05, 0) is 44.2 Å². The molecular formula is C17H29N. The summed E-state index contributed by atoms with van der Waals surface area (Å²) in [6.45, 7) is 9.13. The summed E-state index contributed by atoms with van der Waals surface area (Å²) in [5.41, 5.74) is 3.27. The lowest BCUT2D eigenvalue weighted by Crippen LogP contribution is -2.27. The van der Waals surface area contributed by atoms with Crippen molar-refractivity contribution in [2.24, 2.45) is 5.41 Å². The minimum atomic E-state index is 0.460. The molecule has 1 N–H and O–H groups in total. The Morgan fingerprint density at radius 1 is 1.22 bits per heavy atom. The van der Waals surface area contributed by atoms with Crippen molar-refractivity contribution in [1.29, 1.82) is 0 Å². The molecule has 0 heterocycles. The van der Waals surface area contributed by atoms with Crippen LogP contribution in [-0.4, -0.2) is 13.1 Å². The largest absolute Gasteiger partial charge is 0.317 e. The molecule has 0 fully saturated rings. The molecule has 0 saturated heterocycles. The van der Waals surface area contributed by atoms with Crippen LogP contribution < -0.4 is 5.32 Å². The monoisotopic (exact) mass is 247 g/mol. The topological polar surface area (TPSA) is 12.0 Å². The highest BCUT2D eigenvalue weighted by Crippen LogP contribution is 2.22. The standard InChI is InChI=1S/C17H29N/c1-14-8-6-9-15(12-14)13-16(18-5)10-7-11-17(2,3)4/h6,8-9,12,16,18H,7,10-11,13H2,1-5H3. The van der Waals surface area contributed by atoms with Gasteiger partial charge in [0.25, 0.3) is 0 Å². The minimum absolute atomic E-state index is 0.460. The summed E-state index contributed by atoms with van der Waals surface area (Å²) in [5.74, 6) is 0. The fourth-order valence-corrected chi connectivity index (χ4v) is 2.35. The number of aryl methyl sites for hydroxylation is 1. The summed E-state index contributed by atoms with van der Waals surface area (Å²) < 4.78 is 0. The van der Waals surface area contributed by atoms with E-state index in [9.17, 15) is 0 Å². The smallest absolute Gasteiger partial charge is 0.0104 e. The Balaban J connectivity index is 2.42. The van der Waals surface area contributed by atoms with E-state index >= 15 is 0 Å². The minimum Gasteiger partial charge on any atom is -0.317 e. The molecule has 102 valence electrons. The first-order chi connectivity index (χ1) is 8.40. The Morgan fingerprint density at radius 3 is 2.50 bits per heavy atom. The molecule has 0 aliphatic carbocycles. The van der Waals surface area contributed by atoms with Crippen molar-refractivity contribution in [2.75, 3.05) is 7.05 Å². The lowest BCUT2D eigenvalue weighted by Gasteiger charge is -2.21. The van der Waals surface area contributed by atoms with Crippen LogP contribution in [0, 0.1) is 12.3 Å². The van der Waals surface area contributed by atoms with Crippen molar-refractivity contribution < 1.29 is 0 Å². The number of hydrogen-bond acceptors (Lipinski definition) is 1. The molecule has 1 unspecified atom stereocenters. The molecule has 0 aromatic heterocycles. The summed E-state index contributed by atoms with van der Waals surface area (Å²) in [4.78, 5) is 0. The number of hydrogen-bond donors (Lipinski definition) is 1. The van der Waals surface area contributed by atoms with E-state index in [2.05, 4.69) is 64.3 Å². The van der Waals surface area contributed by atoms with Crippen molar-refractivity contribution in [2.45, 2.75) is 59.4 Å². The summed E-state index contributed by atoms with van der Waals surface area (Å²) in [5, 5.41) is 3.46. The van der Waals surface area contributed by atoms with Crippen molar-refractivity contribution in [1.82, 2.24) is 5.32 Å². The Labute approximate surface area is 113 Å². The lowest BCUT2D eigenvalue weighted by molar-refractivity contribution is 0.345. The lowest BCUT2D eigenvalue weighted by atomic mass is 9.88. The summed E-state index contributed by atoms with van der Waals surface area (Å²) >= 11 is 0. The zero-order valence-corrected chi connectivity index (χ0v) is 12.7. The first kappa shape index (κ1) is 15.2. The fourth-order valence-electron chi connectivity index (χ4n) is 2.35. The van der Waals surface area contributed by atoms with Gasteiger partial charge in [0.15, 0.2) is 0 Å². The maximum atomic E-state index is 3.46. The molecule has 0 aliphatic heterocycles. The zero-order valence-electron chi connectivity index (χ0n) is 12.7. The normalized spacial score (nSPS) is 13.6. The molecule has 0 bridgehead atoms. The van der Waals surface area contributed by atoms with Gasteiger partial charge in [-0.3, -0.25) is 0 Å². The Morgan fingerprint density at radius 2 is 1.94 bits per heavy atom. The van der Waals surface area contributed by atoms with Gasteiger partial charge in [-0.2, -0.15) is 0 Å². The van der Waals surface area contributed by atoms with Crippen LogP contribution in [0.5, 0.6) is 0 Å². The van der Waals surface area contributed by atoms with E-state index in [4.69, 9.17) is 0 Å². The first-order valence-electron chi connectivity index (χ1n) is 7.13. The maximum absolute atomic E-state index is 3.46. The predicted octanol–water partition coefficient (Wildman–Crippen LogP) is 4.34. The average molecular weight is 247 g/mol. The molecular weight excluding hydrogens is 218 g/mol. The van der Waals surface area contributed by atoms with Gasteiger partial charge in [-0.15, -0.1) is 0 Å². The van der Waals surface area contributed by atoms with Gasteiger partial charge in [0.1, 0.15) is 0 Å². The van der Waals surface area contributed by atoms with Gasteiger partial charge in [-0.1, -0.05) is 57.0 Å². The molecule has 18 heavy (non-hydrogen) atoms. The van der Waals surface area contributed by atoms with Crippen LogP contribution in [0.1, 0.15) is 51.2 Å². The molecule has 1 aromatic rings. The van der Waals surface area contributed by atoms with E-state index < -0.39 is 0 Å². The molecule has 0 spiro atoms. The van der Waals surface area contributed by atoms with Gasteiger partial charge in [0.2, 0.25) is 0 Å². The number of likely N-dealkylation sites (N-methyl/N-ethyl adjacent to an activating group) is 1. The van der Waals surface area contributed by atoms with Crippen molar-refractivity contribution in [3.05, 3.63) is 35.4 Å². The van der Waals surface area contributed by atoms with Crippen LogP contribution in [0.15, 0.2) is 24.3 Å². The van der Waals surface area contributed by atoms with E-state index in [-0.39, 0.29) is 0 Å². The number of nitrogens with one attached hydrogen (secondary N) is 1. The second-order valence-corrected chi connectivity index (χ2v) is 6.63. The third-order valence-corrected chi connectivity index (χ3v) is 3.45. The van der Waals surface area contributed by atoms with Gasteiger partial charge < -0.3 is 5.32 Å². The van der Waals surface area contributed by atoms with E-state index in [0.29, 0.717) is 11.5 Å². The van der Waals surface area contributed by atoms with E-state index in [1.54, 1.807) is 0 Å². The fraction of sp³-hybridized carbons (Fsp3) is 0.647. The van der Waals surface area contributed by atoms with E-state index in [1.165, 1.54) is 30.4 Å². The van der Waals surface area contributed by atoms with E-state index in [1.807, 2.05) is 0 Å². The van der Waals surface area contributed by atoms with Gasteiger partial charge >= 0.3 is 0 Å². The summed E-state index contributed by atoms with van der Waals surface area (Å²) in [6.07, 6.45) is 5.02. The van der Waals surface area contributed by atoms with Crippen LogP contribution in [0.25, 0.3) is 0 Å². The van der Waals surface area contributed by atoms with Crippen molar-refractivity contribution in [3.8, 4) is 0 Å². The van der Waals surface area contributed by atoms with E-state index in [0.717, 1.165) is 6.42 Å². The molecule has 0 saturated carbocycles. The van der Waals surface area contributed by atoms with Gasteiger partial charge in [0, 0.05) is 6.04 Å². The molecule has 1 atom stereocenters. The molecule has 1 nitrogen and oxygen atoms in total. The van der Waals surface area contributed by atoms with Gasteiger partial charge in [-0.25, -0.2) is 0 Å². The first-order valence-corrected chi connectivity index (χ1v) is 7.13. The molecule has 0 radical (unpaired) electrons. The molecule has 1 heteroatoms. The van der Waals surface area contributed by atoms with Crippen molar-refractivity contribution in [3.63, 3.8) is 0 Å². The summed E-state index contributed by atoms with van der Waals surface area (Å²) in [7, 11) is 2.08. The third-order valence-electron chi connectivity index (χ3n) is 3.45. The maximum Gasteiger partial charge on any atom is 0.0104 e. The zero-order chi connectivity index (χ0) is 13.6. The van der Waals surface area contributed by atoms with Crippen LogP contribution in [0.3, 0.4) is 0 Å². The summed E-state index contributed by atoms with van der Waals surface area (Å²) in [6, 6.07) is 9.47. The van der Waals surface area contributed by atoms with Crippen LogP contribution >= 0.6 is 0 Å². The quantitative estimate of drug-likeness (QED) is 0.788.